The van der Waals surface area contributed by atoms with Crippen LogP contribution in [0.25, 0.3) is 0 Å². The number of nitrogens with one attached hydrogen (secondary N) is 1. The number of amides is 2. The van der Waals surface area contributed by atoms with Crippen LogP contribution >= 0.6 is 23.2 Å². The number of carbonyl (C=O) groups excluding carboxylic acids is 2. The molecule has 2 N–H and O–H groups in total. The van der Waals surface area contributed by atoms with Gasteiger partial charge in [-0.2, -0.15) is 0 Å². The summed E-state index contributed by atoms with van der Waals surface area (Å²) < 4.78 is 0. The van der Waals surface area contributed by atoms with Crippen LogP contribution in [0.1, 0.15) is 25.3 Å². The number of nitrogens with zero attached hydrogens (tertiary/aromatic N) is 1. The normalized spacial score (nSPS) is 18.1. The van der Waals surface area contributed by atoms with E-state index < -0.39 is 12.1 Å². The second-order valence-corrected chi connectivity index (χ2v) is 5.75. The van der Waals surface area contributed by atoms with Crippen molar-refractivity contribution < 1.29 is 14.7 Å². The second kappa shape index (κ2) is 7.13. The van der Waals surface area contributed by atoms with Crippen LogP contribution in [0.2, 0.25) is 0 Å². The summed E-state index contributed by atoms with van der Waals surface area (Å²) in [6.45, 7) is 2.11. The molecule has 0 saturated carbocycles. The van der Waals surface area contributed by atoms with E-state index in [1.807, 2.05) is 6.92 Å². The van der Waals surface area contributed by atoms with E-state index in [1.54, 1.807) is 24.3 Å². The van der Waals surface area contributed by atoms with Crippen molar-refractivity contribution in [2.45, 2.75) is 32.5 Å². The fourth-order valence-electron chi connectivity index (χ4n) is 2.09. The number of aliphatic hydroxyl groups excluding tert-OH is 1. The molecule has 1 heterocycles. The summed E-state index contributed by atoms with van der Waals surface area (Å²) in [4.78, 5) is 24.5. The first kappa shape index (κ1) is 16.8. The van der Waals surface area contributed by atoms with E-state index in [-0.39, 0.29) is 22.5 Å². The molecule has 1 aliphatic rings. The summed E-state index contributed by atoms with van der Waals surface area (Å²) in [7, 11) is 0. The van der Waals surface area contributed by atoms with Crippen LogP contribution in [0.4, 0.5) is 5.69 Å². The summed E-state index contributed by atoms with van der Waals surface area (Å²) in [6, 6.07) is 7.02. The highest BCUT2D eigenvalue weighted by molar-refractivity contribution is 6.49. The average molecular weight is 343 g/mol. The van der Waals surface area contributed by atoms with Gasteiger partial charge in [-0.1, -0.05) is 42.3 Å². The molecule has 0 bridgehead atoms. The Kier molecular flexibility index (Phi) is 5.45. The molecule has 5 nitrogen and oxygen atoms in total. The number of rotatable bonds is 5. The topological polar surface area (TPSA) is 69.6 Å². The quantitative estimate of drug-likeness (QED) is 0.864. The SMILES string of the molecule is CCCC(=O)Nc1ccc(CN2C(=O)C(Cl)=C(Cl)C2O)cc1. The Bertz CT molecular complexity index is 614. The second-order valence-electron chi connectivity index (χ2n) is 4.96. The molecule has 0 fully saturated rings. The van der Waals surface area contributed by atoms with E-state index in [1.165, 1.54) is 4.90 Å². The Balaban J connectivity index is 2.01. The first-order valence-electron chi connectivity index (χ1n) is 6.87. The molecule has 2 amide bonds. The lowest BCUT2D eigenvalue weighted by molar-refractivity contribution is -0.132. The minimum absolute atomic E-state index is 0.0387. The lowest BCUT2D eigenvalue weighted by Crippen LogP contribution is -2.34. The zero-order valence-electron chi connectivity index (χ0n) is 12.0. The summed E-state index contributed by atoms with van der Waals surface area (Å²) in [5.74, 6) is -0.539. The van der Waals surface area contributed by atoms with Gasteiger partial charge in [0.2, 0.25) is 5.91 Å². The van der Waals surface area contributed by atoms with Crippen molar-refractivity contribution in [3.8, 4) is 0 Å². The molecule has 0 radical (unpaired) electrons. The molecular formula is C15H16Cl2N2O3. The van der Waals surface area contributed by atoms with Crippen molar-refractivity contribution in [1.29, 1.82) is 0 Å². The highest BCUT2D eigenvalue weighted by Crippen LogP contribution is 2.31. The molecule has 22 heavy (non-hydrogen) atoms. The largest absolute Gasteiger partial charge is 0.368 e. The lowest BCUT2D eigenvalue weighted by Gasteiger charge is -2.21. The van der Waals surface area contributed by atoms with E-state index >= 15 is 0 Å². The molecule has 118 valence electrons. The Labute approximate surface area is 138 Å². The molecule has 0 aliphatic carbocycles. The molecule has 1 unspecified atom stereocenters. The maximum atomic E-state index is 11.8. The molecule has 2 rings (SSSR count). The van der Waals surface area contributed by atoms with Crippen molar-refractivity contribution in [2.24, 2.45) is 0 Å². The summed E-state index contributed by atoms with van der Waals surface area (Å²) in [5, 5.41) is 12.4. The Hall–Kier alpha value is -1.56. The zero-order valence-corrected chi connectivity index (χ0v) is 13.5. The van der Waals surface area contributed by atoms with Crippen molar-refractivity contribution in [1.82, 2.24) is 4.90 Å². The van der Waals surface area contributed by atoms with E-state index in [0.717, 1.165) is 12.0 Å². The van der Waals surface area contributed by atoms with Gasteiger partial charge in [0, 0.05) is 18.7 Å². The van der Waals surface area contributed by atoms with Gasteiger partial charge < -0.3 is 15.3 Å². The van der Waals surface area contributed by atoms with Gasteiger partial charge in [-0.3, -0.25) is 9.59 Å². The lowest BCUT2D eigenvalue weighted by atomic mass is 10.2. The van der Waals surface area contributed by atoms with Crippen LogP contribution in [0, 0.1) is 0 Å². The van der Waals surface area contributed by atoms with E-state index in [2.05, 4.69) is 5.32 Å². The molecular weight excluding hydrogens is 327 g/mol. The summed E-state index contributed by atoms with van der Waals surface area (Å²) in [5.41, 5.74) is 1.47. The van der Waals surface area contributed by atoms with Crippen LogP contribution in [-0.2, 0) is 16.1 Å². The van der Waals surface area contributed by atoms with E-state index in [9.17, 15) is 14.7 Å². The van der Waals surface area contributed by atoms with E-state index in [0.29, 0.717) is 12.1 Å². The third kappa shape index (κ3) is 3.61. The minimum atomic E-state index is -1.22. The number of hydrogen-bond donors (Lipinski definition) is 2. The first-order valence-corrected chi connectivity index (χ1v) is 7.62. The maximum Gasteiger partial charge on any atom is 0.269 e. The van der Waals surface area contributed by atoms with Crippen molar-refractivity contribution in [2.75, 3.05) is 5.32 Å². The minimum Gasteiger partial charge on any atom is -0.368 e. The van der Waals surface area contributed by atoms with Crippen molar-refractivity contribution >= 4 is 40.7 Å². The van der Waals surface area contributed by atoms with E-state index in [4.69, 9.17) is 23.2 Å². The van der Waals surface area contributed by atoms with Crippen LogP contribution in [0.15, 0.2) is 34.3 Å². The fraction of sp³-hybridized carbons (Fsp3) is 0.333. The third-order valence-electron chi connectivity index (χ3n) is 3.25. The summed E-state index contributed by atoms with van der Waals surface area (Å²) >= 11 is 11.5. The molecule has 7 heteroatoms. The number of aliphatic hydroxyl groups is 1. The summed E-state index contributed by atoms with van der Waals surface area (Å²) in [6.07, 6.45) is 0.0392. The predicted molar refractivity (Wildman–Crippen MR) is 85.3 cm³/mol. The van der Waals surface area contributed by atoms with Gasteiger partial charge in [0.15, 0.2) is 6.23 Å². The van der Waals surface area contributed by atoms with Gasteiger partial charge in [0.25, 0.3) is 5.91 Å². The maximum absolute atomic E-state index is 11.8. The fourth-order valence-corrected chi connectivity index (χ4v) is 2.49. The average Bonchev–Trinajstić information content (AvgIpc) is 2.67. The monoisotopic (exact) mass is 342 g/mol. The van der Waals surface area contributed by atoms with Gasteiger partial charge in [-0.15, -0.1) is 0 Å². The van der Waals surface area contributed by atoms with Gasteiger partial charge in [0.05, 0.1) is 5.03 Å². The molecule has 1 atom stereocenters. The predicted octanol–water partition coefficient (Wildman–Crippen LogP) is 2.78. The van der Waals surface area contributed by atoms with Crippen LogP contribution in [-0.4, -0.2) is 28.0 Å². The van der Waals surface area contributed by atoms with Crippen LogP contribution < -0.4 is 5.32 Å². The Morgan fingerprint density at radius 1 is 1.32 bits per heavy atom. The van der Waals surface area contributed by atoms with Gasteiger partial charge in [0.1, 0.15) is 5.03 Å². The Morgan fingerprint density at radius 3 is 2.45 bits per heavy atom. The number of hydrogen-bond acceptors (Lipinski definition) is 3. The molecule has 1 aromatic carbocycles. The molecule has 1 aliphatic heterocycles. The zero-order chi connectivity index (χ0) is 16.3. The standard InChI is InChI=1S/C15H16Cl2N2O3/c1-2-3-11(20)18-10-6-4-9(5-7-10)8-19-14(21)12(16)13(17)15(19)22/h4-7,14,21H,2-3,8H2,1H3,(H,18,20). The molecule has 0 spiro atoms. The van der Waals surface area contributed by atoms with Crippen molar-refractivity contribution in [3.05, 3.63) is 39.9 Å². The number of anilines is 1. The third-order valence-corrected chi connectivity index (χ3v) is 4.09. The molecule has 1 aromatic rings. The Morgan fingerprint density at radius 2 is 1.95 bits per heavy atom. The molecule has 0 saturated heterocycles. The first-order chi connectivity index (χ1) is 10.4. The van der Waals surface area contributed by atoms with Gasteiger partial charge in [-0.25, -0.2) is 0 Å². The smallest absolute Gasteiger partial charge is 0.269 e. The molecule has 0 aromatic heterocycles. The number of carbonyl (C=O) groups is 2. The van der Waals surface area contributed by atoms with Crippen LogP contribution in [0.5, 0.6) is 0 Å². The highest BCUT2D eigenvalue weighted by atomic mass is 35.5. The number of benzene rings is 1. The highest BCUT2D eigenvalue weighted by Gasteiger charge is 2.36. The van der Waals surface area contributed by atoms with Crippen LogP contribution in [0.3, 0.4) is 0 Å². The van der Waals surface area contributed by atoms with Crippen molar-refractivity contribution in [3.63, 3.8) is 0 Å². The van der Waals surface area contributed by atoms with Gasteiger partial charge in [-0.05, 0) is 24.1 Å². The number of halogens is 2. The van der Waals surface area contributed by atoms with Gasteiger partial charge >= 0.3 is 0 Å².